The lowest BCUT2D eigenvalue weighted by Crippen LogP contribution is -2.27. The number of thioether (sulfide) groups is 1. The monoisotopic (exact) mass is 259 g/mol. The van der Waals surface area contributed by atoms with Gasteiger partial charge in [-0.3, -0.25) is 0 Å². The maximum Gasteiger partial charge on any atom is 0.130 e. The minimum Gasteiger partial charge on any atom is -0.310 e. The number of benzene rings is 1. The van der Waals surface area contributed by atoms with Gasteiger partial charge in [-0.25, -0.2) is 8.78 Å². The first kappa shape index (κ1) is 14.5. The van der Waals surface area contributed by atoms with E-state index < -0.39 is 11.6 Å². The average molecular weight is 259 g/mol. The van der Waals surface area contributed by atoms with Crippen molar-refractivity contribution in [3.05, 3.63) is 35.4 Å². The molecule has 0 aromatic heterocycles. The number of halogens is 2. The van der Waals surface area contributed by atoms with E-state index >= 15 is 0 Å². The van der Waals surface area contributed by atoms with E-state index in [4.69, 9.17) is 0 Å². The van der Waals surface area contributed by atoms with Crippen LogP contribution < -0.4 is 5.32 Å². The quantitative estimate of drug-likeness (QED) is 0.751. The fourth-order valence-electron chi connectivity index (χ4n) is 1.48. The molecule has 0 radical (unpaired) electrons. The Labute approximate surface area is 106 Å². The maximum absolute atomic E-state index is 13.3. The minimum atomic E-state index is -0.479. The number of nitrogens with one attached hydrogen (secondary N) is 1. The van der Waals surface area contributed by atoms with E-state index in [1.807, 2.05) is 18.7 Å². The minimum absolute atomic E-state index is 0.127. The standard InChI is InChI=1S/C13H19F2NS/c1-3-17-8-7-10(2)16-9-11-12(14)5-4-6-13(11)15/h4-6,10,16H,3,7-9H2,1-2H3. The van der Waals surface area contributed by atoms with Crippen LogP contribution >= 0.6 is 11.8 Å². The van der Waals surface area contributed by atoms with Gasteiger partial charge in [-0.1, -0.05) is 13.0 Å². The molecule has 1 N–H and O–H groups in total. The van der Waals surface area contributed by atoms with Crippen molar-refractivity contribution in [2.75, 3.05) is 11.5 Å². The highest BCUT2D eigenvalue weighted by Crippen LogP contribution is 2.12. The van der Waals surface area contributed by atoms with Crippen LogP contribution in [-0.2, 0) is 6.54 Å². The highest BCUT2D eigenvalue weighted by atomic mass is 32.2. The number of hydrogen-bond acceptors (Lipinski definition) is 2. The maximum atomic E-state index is 13.3. The predicted octanol–water partition coefficient (Wildman–Crippen LogP) is 3.59. The second kappa shape index (κ2) is 7.67. The summed E-state index contributed by atoms with van der Waals surface area (Å²) in [5.41, 5.74) is 0.127. The molecule has 1 unspecified atom stereocenters. The van der Waals surface area contributed by atoms with Crippen LogP contribution in [0.3, 0.4) is 0 Å². The molecule has 0 heterocycles. The van der Waals surface area contributed by atoms with Crippen LogP contribution in [-0.4, -0.2) is 17.5 Å². The molecule has 0 amide bonds. The molecule has 17 heavy (non-hydrogen) atoms. The first-order valence-corrected chi connectivity index (χ1v) is 7.04. The lowest BCUT2D eigenvalue weighted by atomic mass is 10.1. The topological polar surface area (TPSA) is 12.0 Å². The van der Waals surface area contributed by atoms with Gasteiger partial charge in [-0.15, -0.1) is 0 Å². The Morgan fingerprint density at radius 3 is 2.53 bits per heavy atom. The zero-order valence-electron chi connectivity index (χ0n) is 10.3. The zero-order valence-corrected chi connectivity index (χ0v) is 11.1. The summed E-state index contributed by atoms with van der Waals surface area (Å²) < 4.78 is 26.6. The molecule has 0 saturated carbocycles. The lowest BCUT2D eigenvalue weighted by Gasteiger charge is -2.14. The van der Waals surface area contributed by atoms with Gasteiger partial charge in [0.15, 0.2) is 0 Å². The Balaban J connectivity index is 2.39. The summed E-state index contributed by atoms with van der Waals surface area (Å²) in [6, 6.07) is 4.23. The van der Waals surface area contributed by atoms with Gasteiger partial charge in [0.2, 0.25) is 0 Å². The fourth-order valence-corrected chi connectivity index (χ4v) is 2.29. The van der Waals surface area contributed by atoms with Crippen molar-refractivity contribution in [3.8, 4) is 0 Å². The zero-order chi connectivity index (χ0) is 12.7. The molecular formula is C13H19F2NS. The van der Waals surface area contributed by atoms with Gasteiger partial charge in [0.25, 0.3) is 0 Å². The van der Waals surface area contributed by atoms with Gasteiger partial charge in [0.1, 0.15) is 11.6 Å². The van der Waals surface area contributed by atoms with Crippen molar-refractivity contribution < 1.29 is 8.78 Å². The first-order chi connectivity index (χ1) is 8.15. The van der Waals surface area contributed by atoms with Crippen LogP contribution in [0.25, 0.3) is 0 Å². The van der Waals surface area contributed by atoms with Crippen LogP contribution in [0.2, 0.25) is 0 Å². The molecule has 0 fully saturated rings. The predicted molar refractivity (Wildman–Crippen MR) is 70.3 cm³/mol. The molecule has 1 atom stereocenters. The molecule has 1 rings (SSSR count). The van der Waals surface area contributed by atoms with Crippen LogP contribution in [0.5, 0.6) is 0 Å². The first-order valence-electron chi connectivity index (χ1n) is 5.89. The van der Waals surface area contributed by atoms with Crippen molar-refractivity contribution in [2.45, 2.75) is 32.9 Å². The van der Waals surface area contributed by atoms with Crippen LogP contribution in [0.4, 0.5) is 8.78 Å². The molecule has 0 saturated heterocycles. The van der Waals surface area contributed by atoms with Crippen LogP contribution in [0, 0.1) is 11.6 Å². The van der Waals surface area contributed by atoms with Crippen LogP contribution in [0.1, 0.15) is 25.8 Å². The third kappa shape index (κ3) is 5.04. The van der Waals surface area contributed by atoms with E-state index in [1.165, 1.54) is 18.2 Å². The molecule has 96 valence electrons. The van der Waals surface area contributed by atoms with Gasteiger partial charge in [-0.05, 0) is 37.0 Å². The summed E-state index contributed by atoms with van der Waals surface area (Å²) in [7, 11) is 0. The largest absolute Gasteiger partial charge is 0.310 e. The van der Waals surface area contributed by atoms with Crippen molar-refractivity contribution >= 4 is 11.8 Å². The molecule has 0 aliphatic heterocycles. The van der Waals surface area contributed by atoms with Gasteiger partial charge < -0.3 is 5.32 Å². The van der Waals surface area contributed by atoms with Crippen molar-refractivity contribution in [2.24, 2.45) is 0 Å². The Kier molecular flexibility index (Phi) is 6.52. The molecule has 1 aromatic carbocycles. The molecular weight excluding hydrogens is 240 g/mol. The number of rotatable bonds is 7. The van der Waals surface area contributed by atoms with Gasteiger partial charge in [-0.2, -0.15) is 11.8 Å². The third-order valence-corrected chi connectivity index (χ3v) is 3.52. The summed E-state index contributed by atoms with van der Waals surface area (Å²) in [6.07, 6.45) is 1.01. The van der Waals surface area contributed by atoms with E-state index in [9.17, 15) is 8.78 Å². The lowest BCUT2D eigenvalue weighted by molar-refractivity contribution is 0.494. The van der Waals surface area contributed by atoms with Crippen LogP contribution in [0.15, 0.2) is 18.2 Å². The second-order valence-corrected chi connectivity index (χ2v) is 5.36. The summed E-state index contributed by atoms with van der Waals surface area (Å²) in [5.74, 6) is 1.22. The van der Waals surface area contributed by atoms with E-state index in [2.05, 4.69) is 12.2 Å². The summed E-state index contributed by atoms with van der Waals surface area (Å²) in [5, 5.41) is 3.15. The van der Waals surface area contributed by atoms with E-state index in [0.717, 1.165) is 17.9 Å². The normalized spacial score (nSPS) is 12.7. The van der Waals surface area contributed by atoms with Gasteiger partial charge in [0.05, 0.1) is 0 Å². The molecule has 0 aliphatic rings. The SMILES string of the molecule is CCSCCC(C)NCc1c(F)cccc1F. The molecule has 1 nitrogen and oxygen atoms in total. The van der Waals surface area contributed by atoms with Gasteiger partial charge >= 0.3 is 0 Å². The van der Waals surface area contributed by atoms with Crippen molar-refractivity contribution in [1.82, 2.24) is 5.32 Å². The van der Waals surface area contributed by atoms with E-state index in [1.54, 1.807) is 0 Å². The van der Waals surface area contributed by atoms with Crippen molar-refractivity contribution in [3.63, 3.8) is 0 Å². The summed E-state index contributed by atoms with van der Waals surface area (Å²) >= 11 is 1.88. The molecule has 0 aliphatic carbocycles. The Morgan fingerprint density at radius 1 is 1.29 bits per heavy atom. The molecule has 4 heteroatoms. The fraction of sp³-hybridized carbons (Fsp3) is 0.538. The van der Waals surface area contributed by atoms with Gasteiger partial charge in [0, 0.05) is 18.2 Å². The average Bonchev–Trinajstić information content (AvgIpc) is 2.29. The molecule has 1 aromatic rings. The summed E-state index contributed by atoms with van der Waals surface area (Å²) in [6.45, 7) is 4.41. The second-order valence-electron chi connectivity index (χ2n) is 3.97. The highest BCUT2D eigenvalue weighted by Gasteiger charge is 2.09. The highest BCUT2D eigenvalue weighted by molar-refractivity contribution is 7.99. The Bertz CT molecular complexity index is 324. The Hall–Kier alpha value is -0.610. The Morgan fingerprint density at radius 2 is 1.94 bits per heavy atom. The number of hydrogen-bond donors (Lipinski definition) is 1. The molecule has 0 bridgehead atoms. The summed E-state index contributed by atoms with van der Waals surface area (Å²) in [4.78, 5) is 0. The third-order valence-electron chi connectivity index (χ3n) is 2.59. The molecule has 0 spiro atoms. The van der Waals surface area contributed by atoms with Crippen molar-refractivity contribution in [1.29, 1.82) is 0 Å². The van der Waals surface area contributed by atoms with E-state index in [-0.39, 0.29) is 18.2 Å². The smallest absolute Gasteiger partial charge is 0.130 e. The van der Waals surface area contributed by atoms with E-state index in [0.29, 0.717) is 0 Å².